The van der Waals surface area contributed by atoms with Gasteiger partial charge in [0, 0.05) is 6.54 Å². The van der Waals surface area contributed by atoms with Crippen LogP contribution in [0, 0.1) is 17.3 Å². The first-order chi connectivity index (χ1) is 8.15. The van der Waals surface area contributed by atoms with Gasteiger partial charge in [0.15, 0.2) is 0 Å². The van der Waals surface area contributed by atoms with Crippen LogP contribution in [-0.4, -0.2) is 40.9 Å². The zero-order valence-electron chi connectivity index (χ0n) is 12.1. The van der Waals surface area contributed by atoms with Crippen LogP contribution < -0.4 is 0 Å². The van der Waals surface area contributed by atoms with Gasteiger partial charge in [-0.2, -0.15) is 0 Å². The Labute approximate surface area is 109 Å². The Morgan fingerprint density at radius 1 is 1.44 bits per heavy atom. The molecule has 4 heteroatoms. The van der Waals surface area contributed by atoms with E-state index in [4.69, 9.17) is 4.74 Å². The molecule has 0 spiro atoms. The van der Waals surface area contributed by atoms with E-state index >= 15 is 0 Å². The summed E-state index contributed by atoms with van der Waals surface area (Å²) in [6.45, 7) is 10.8. The van der Waals surface area contributed by atoms with Gasteiger partial charge in [0.05, 0.1) is 12.6 Å². The largest absolute Gasteiger partial charge is 0.444 e. The Hall–Kier alpha value is -0.770. The van der Waals surface area contributed by atoms with Crippen molar-refractivity contribution in [1.82, 2.24) is 4.90 Å². The lowest BCUT2D eigenvalue weighted by molar-refractivity contribution is -0.0171. The van der Waals surface area contributed by atoms with E-state index in [1.807, 2.05) is 20.8 Å². The third-order valence-electron chi connectivity index (χ3n) is 4.26. The predicted octanol–water partition coefficient (Wildman–Crippen LogP) is 2.26. The summed E-state index contributed by atoms with van der Waals surface area (Å²) in [7, 11) is 0. The van der Waals surface area contributed by atoms with Crippen molar-refractivity contribution in [3.63, 3.8) is 0 Å². The van der Waals surface area contributed by atoms with Crippen molar-refractivity contribution in [2.24, 2.45) is 17.3 Å². The van der Waals surface area contributed by atoms with Crippen LogP contribution in [0.2, 0.25) is 0 Å². The van der Waals surface area contributed by atoms with Gasteiger partial charge < -0.3 is 14.7 Å². The number of fused-ring (bicyclic) bond motifs is 1. The maximum atomic E-state index is 12.2. The summed E-state index contributed by atoms with van der Waals surface area (Å²) in [6.07, 6.45) is 0.847. The van der Waals surface area contributed by atoms with Gasteiger partial charge in [-0.25, -0.2) is 4.79 Å². The molecule has 1 aliphatic carbocycles. The molecule has 1 saturated carbocycles. The van der Waals surface area contributed by atoms with E-state index in [2.05, 4.69) is 13.8 Å². The van der Waals surface area contributed by atoms with E-state index in [0.29, 0.717) is 11.8 Å². The number of aliphatic hydroxyl groups is 1. The number of nitrogens with zero attached hydrogens (tertiary/aromatic N) is 1. The minimum absolute atomic E-state index is 0.0316. The van der Waals surface area contributed by atoms with Crippen molar-refractivity contribution >= 4 is 6.09 Å². The van der Waals surface area contributed by atoms with E-state index in [1.54, 1.807) is 4.90 Å². The second-order valence-corrected chi connectivity index (χ2v) is 7.36. The lowest BCUT2D eigenvalue weighted by atomic mass is 9.55. The molecule has 2 fully saturated rings. The van der Waals surface area contributed by atoms with Gasteiger partial charge in [0.2, 0.25) is 0 Å². The molecule has 0 unspecified atom stereocenters. The van der Waals surface area contributed by atoms with Crippen LogP contribution in [-0.2, 0) is 4.74 Å². The minimum atomic E-state index is -0.478. The summed E-state index contributed by atoms with van der Waals surface area (Å²) in [4.78, 5) is 13.9. The maximum absolute atomic E-state index is 12.2. The molecule has 104 valence electrons. The summed E-state index contributed by atoms with van der Waals surface area (Å²) in [5.41, 5.74) is -0.247. The first-order valence-corrected chi connectivity index (χ1v) is 6.76. The van der Waals surface area contributed by atoms with E-state index in [1.165, 1.54) is 0 Å². The molecule has 1 heterocycles. The van der Waals surface area contributed by atoms with E-state index in [9.17, 15) is 9.90 Å². The Balaban J connectivity index is 2.09. The average Bonchev–Trinajstić information content (AvgIpc) is 2.49. The summed E-state index contributed by atoms with van der Waals surface area (Å²) in [5.74, 6) is 0.944. The monoisotopic (exact) mass is 255 g/mol. The van der Waals surface area contributed by atoms with Crippen molar-refractivity contribution in [3.05, 3.63) is 0 Å². The number of likely N-dealkylation sites (tertiary alicyclic amines) is 1. The van der Waals surface area contributed by atoms with E-state index < -0.39 is 5.60 Å². The number of amides is 1. The van der Waals surface area contributed by atoms with Gasteiger partial charge in [-0.05, 0) is 44.4 Å². The van der Waals surface area contributed by atoms with Crippen LogP contribution in [0.25, 0.3) is 0 Å². The number of aliphatic hydroxyl groups excluding tert-OH is 1. The molecule has 1 saturated heterocycles. The smallest absolute Gasteiger partial charge is 0.410 e. The van der Waals surface area contributed by atoms with Crippen molar-refractivity contribution in [3.8, 4) is 0 Å². The molecule has 0 aromatic rings. The molecule has 2 rings (SSSR count). The molecule has 0 radical (unpaired) electrons. The molecule has 4 nitrogen and oxygen atoms in total. The Bertz CT molecular complexity index is 345. The van der Waals surface area contributed by atoms with Gasteiger partial charge in [0.25, 0.3) is 0 Å². The van der Waals surface area contributed by atoms with Crippen molar-refractivity contribution in [2.45, 2.75) is 52.7 Å². The predicted molar refractivity (Wildman–Crippen MR) is 69.2 cm³/mol. The molecule has 0 bridgehead atoms. The molecule has 0 aromatic carbocycles. The van der Waals surface area contributed by atoms with Crippen LogP contribution in [0.15, 0.2) is 0 Å². The fourth-order valence-electron chi connectivity index (χ4n) is 3.75. The van der Waals surface area contributed by atoms with Gasteiger partial charge in [-0.15, -0.1) is 0 Å². The molecule has 1 amide bonds. The highest BCUT2D eigenvalue weighted by molar-refractivity contribution is 5.69. The van der Waals surface area contributed by atoms with Gasteiger partial charge in [-0.3, -0.25) is 0 Å². The summed E-state index contributed by atoms with van der Waals surface area (Å²) >= 11 is 0. The van der Waals surface area contributed by atoms with Crippen LogP contribution in [0.1, 0.15) is 41.0 Å². The SMILES string of the molecule is CC(C)(C)OC(=O)N1C[C@@H]2CC(C)(C)[C@@H]2[C@H]1CO. The second kappa shape index (κ2) is 4.12. The van der Waals surface area contributed by atoms with Crippen LogP contribution >= 0.6 is 0 Å². The number of hydrogen-bond acceptors (Lipinski definition) is 3. The first kappa shape index (κ1) is 13.7. The quantitative estimate of drug-likeness (QED) is 0.782. The third kappa shape index (κ3) is 2.22. The third-order valence-corrected chi connectivity index (χ3v) is 4.26. The normalized spacial score (nSPS) is 33.9. The fourth-order valence-corrected chi connectivity index (χ4v) is 3.75. The molecule has 18 heavy (non-hydrogen) atoms. The standard InChI is InChI=1S/C14H25NO3/c1-13(2,3)18-12(17)15-7-9-6-14(4,5)11(9)10(15)8-16/h9-11,16H,6-8H2,1-5H3/t9-,10+,11-/m0/s1. The minimum Gasteiger partial charge on any atom is -0.444 e. The molecule has 3 atom stereocenters. The fraction of sp³-hybridized carbons (Fsp3) is 0.929. The van der Waals surface area contributed by atoms with Crippen LogP contribution in [0.3, 0.4) is 0 Å². The van der Waals surface area contributed by atoms with Crippen LogP contribution in [0.5, 0.6) is 0 Å². The maximum Gasteiger partial charge on any atom is 0.410 e. The molecule has 0 aromatic heterocycles. The lowest BCUT2D eigenvalue weighted by Gasteiger charge is -2.49. The van der Waals surface area contributed by atoms with Gasteiger partial charge in [-0.1, -0.05) is 13.8 Å². The lowest BCUT2D eigenvalue weighted by Crippen LogP contribution is -2.49. The number of carbonyl (C=O) groups excluding carboxylic acids is 1. The number of rotatable bonds is 1. The van der Waals surface area contributed by atoms with Crippen molar-refractivity contribution in [2.75, 3.05) is 13.2 Å². The number of hydrogen-bond donors (Lipinski definition) is 1. The molecular formula is C14H25NO3. The molecular weight excluding hydrogens is 230 g/mol. The average molecular weight is 255 g/mol. The summed E-state index contributed by atoms with van der Waals surface area (Å²) in [6, 6.07) is -0.0754. The topological polar surface area (TPSA) is 49.8 Å². The first-order valence-electron chi connectivity index (χ1n) is 6.76. The number of carbonyl (C=O) groups is 1. The Kier molecular flexibility index (Phi) is 3.13. The molecule has 1 aliphatic heterocycles. The summed E-state index contributed by atoms with van der Waals surface area (Å²) in [5, 5.41) is 9.59. The Morgan fingerprint density at radius 2 is 2.06 bits per heavy atom. The van der Waals surface area contributed by atoms with Crippen molar-refractivity contribution in [1.29, 1.82) is 0 Å². The van der Waals surface area contributed by atoms with E-state index in [0.717, 1.165) is 13.0 Å². The summed E-state index contributed by atoms with van der Waals surface area (Å²) < 4.78 is 5.42. The highest BCUT2D eigenvalue weighted by Gasteiger charge is 2.58. The second-order valence-electron chi connectivity index (χ2n) is 7.36. The van der Waals surface area contributed by atoms with Crippen molar-refractivity contribution < 1.29 is 14.6 Å². The number of ether oxygens (including phenoxy) is 1. The molecule has 2 aliphatic rings. The zero-order valence-corrected chi connectivity index (χ0v) is 12.1. The highest BCUT2D eigenvalue weighted by Crippen LogP contribution is 2.57. The highest BCUT2D eigenvalue weighted by atomic mass is 16.6. The van der Waals surface area contributed by atoms with Gasteiger partial charge >= 0.3 is 6.09 Å². The van der Waals surface area contributed by atoms with Crippen LogP contribution in [0.4, 0.5) is 4.79 Å². The molecule has 1 N–H and O–H groups in total. The van der Waals surface area contributed by atoms with Gasteiger partial charge in [0.1, 0.15) is 5.60 Å². The van der Waals surface area contributed by atoms with E-state index in [-0.39, 0.29) is 24.2 Å². The Morgan fingerprint density at radius 3 is 2.50 bits per heavy atom. The zero-order chi connectivity index (χ0) is 13.7.